The largest absolute Gasteiger partial charge is 0.486 e. The van der Waals surface area contributed by atoms with Crippen LogP contribution in [-0.4, -0.2) is 65.8 Å². The van der Waals surface area contributed by atoms with E-state index < -0.39 is 65.0 Å². The monoisotopic (exact) mass is 542 g/mol. The van der Waals surface area contributed by atoms with Gasteiger partial charge in [-0.15, -0.1) is 0 Å². The summed E-state index contributed by atoms with van der Waals surface area (Å²) in [6.45, 7) is 3.08. The highest BCUT2D eigenvalue weighted by Gasteiger charge is 2.66. The number of hydrogen-bond acceptors (Lipinski definition) is 6. The molecule has 38 heavy (non-hydrogen) atoms. The topological polar surface area (TPSA) is 107 Å². The first-order chi connectivity index (χ1) is 17.7. The summed E-state index contributed by atoms with van der Waals surface area (Å²) >= 11 is 0. The quantitative estimate of drug-likeness (QED) is 0.541. The van der Waals surface area contributed by atoms with Gasteiger partial charge < -0.3 is 25.4 Å². The number of amides is 2. The van der Waals surface area contributed by atoms with E-state index in [0.29, 0.717) is 19.5 Å². The van der Waals surface area contributed by atoms with Crippen molar-refractivity contribution in [2.75, 3.05) is 25.5 Å². The number of aromatic nitrogens is 1. The number of alkyl halides is 3. The number of benzene rings is 1. The van der Waals surface area contributed by atoms with E-state index >= 15 is 4.39 Å². The second-order valence-corrected chi connectivity index (χ2v) is 9.81. The van der Waals surface area contributed by atoms with E-state index in [4.69, 9.17) is 15.2 Å². The maximum atomic E-state index is 15.1. The van der Waals surface area contributed by atoms with Crippen molar-refractivity contribution in [2.45, 2.75) is 50.2 Å². The van der Waals surface area contributed by atoms with E-state index in [2.05, 4.69) is 10.3 Å². The van der Waals surface area contributed by atoms with Gasteiger partial charge in [0.05, 0.1) is 0 Å². The average molecular weight is 543 g/mol. The molecule has 8 nitrogen and oxygen atoms in total. The first-order valence-electron chi connectivity index (χ1n) is 11.9. The number of carbonyl (C=O) groups excluding carboxylic acids is 2. The number of hydrogen-bond donors (Lipinski definition) is 2. The Morgan fingerprint density at radius 1 is 1.26 bits per heavy atom. The van der Waals surface area contributed by atoms with Crippen LogP contribution in [0.4, 0.5) is 27.6 Å². The molecule has 2 aliphatic rings. The number of pyridine rings is 1. The van der Waals surface area contributed by atoms with Crippen molar-refractivity contribution >= 4 is 17.5 Å². The Bertz CT molecular complexity index is 1240. The van der Waals surface area contributed by atoms with Crippen molar-refractivity contribution in [1.29, 1.82) is 0 Å². The summed E-state index contributed by atoms with van der Waals surface area (Å²) in [7, 11) is 1.82. The Morgan fingerprint density at radius 3 is 2.58 bits per heavy atom. The summed E-state index contributed by atoms with van der Waals surface area (Å²) in [5.74, 6) is -7.79. The van der Waals surface area contributed by atoms with Gasteiger partial charge in [0, 0.05) is 42.4 Å². The van der Waals surface area contributed by atoms with Gasteiger partial charge in [0.1, 0.15) is 17.9 Å². The van der Waals surface area contributed by atoms with Crippen LogP contribution in [0.1, 0.15) is 42.2 Å². The summed E-state index contributed by atoms with van der Waals surface area (Å²) in [6, 6.07) is 4.37. The Morgan fingerprint density at radius 2 is 1.97 bits per heavy atom. The van der Waals surface area contributed by atoms with Crippen LogP contribution in [-0.2, 0) is 9.53 Å². The van der Waals surface area contributed by atoms with Crippen molar-refractivity contribution in [3.8, 4) is 5.75 Å². The number of anilines is 1. The van der Waals surface area contributed by atoms with E-state index in [1.807, 2.05) is 11.9 Å². The maximum Gasteiger partial charge on any atom is 0.417 e. The number of likely N-dealkylation sites (N-methyl/N-ethyl adjacent to an activating group) is 1. The fourth-order valence-corrected chi connectivity index (χ4v) is 4.97. The molecule has 2 amide bonds. The molecule has 13 heteroatoms. The number of nitrogens with zero attached hydrogens (tertiary/aromatic N) is 2. The van der Waals surface area contributed by atoms with Crippen molar-refractivity contribution in [1.82, 2.24) is 9.88 Å². The fourth-order valence-electron chi connectivity index (χ4n) is 4.97. The van der Waals surface area contributed by atoms with E-state index in [1.165, 1.54) is 19.2 Å². The summed E-state index contributed by atoms with van der Waals surface area (Å²) in [5, 5.41) is 2.42. The van der Waals surface area contributed by atoms with Gasteiger partial charge in [-0.3, -0.25) is 14.6 Å². The summed E-state index contributed by atoms with van der Waals surface area (Å²) in [4.78, 5) is 30.4. The molecule has 5 atom stereocenters. The highest BCUT2D eigenvalue weighted by atomic mass is 19.4. The minimum Gasteiger partial charge on any atom is -0.486 e. The zero-order valence-corrected chi connectivity index (χ0v) is 20.8. The number of primary amides is 1. The summed E-state index contributed by atoms with van der Waals surface area (Å²) < 4.78 is 83.2. The zero-order valence-electron chi connectivity index (χ0n) is 20.8. The normalized spacial score (nSPS) is 27.9. The number of carbonyl (C=O) groups is 2. The van der Waals surface area contributed by atoms with Crippen LogP contribution in [0.25, 0.3) is 0 Å². The number of rotatable bonds is 6. The molecule has 206 valence electrons. The van der Waals surface area contributed by atoms with Gasteiger partial charge in [-0.05, 0) is 38.6 Å². The number of nitrogens with one attached hydrogen (secondary N) is 1. The second-order valence-electron chi connectivity index (χ2n) is 9.81. The molecule has 0 bridgehead atoms. The molecule has 3 N–H and O–H groups in total. The Labute approximate surface area is 215 Å². The van der Waals surface area contributed by atoms with Crippen molar-refractivity contribution in [3.05, 3.63) is 53.4 Å². The van der Waals surface area contributed by atoms with Gasteiger partial charge in [0.15, 0.2) is 17.2 Å². The van der Waals surface area contributed by atoms with Gasteiger partial charge in [-0.25, -0.2) is 4.39 Å². The minimum absolute atomic E-state index is 0.0326. The lowest BCUT2D eigenvalue weighted by atomic mass is 9.77. The lowest BCUT2D eigenvalue weighted by Gasteiger charge is -2.32. The molecule has 2 aliphatic heterocycles. The van der Waals surface area contributed by atoms with Crippen molar-refractivity contribution in [3.63, 3.8) is 0 Å². The molecular formula is C25H27F5N4O4. The second kappa shape index (κ2) is 10.1. The fraction of sp³-hybridized carbons (Fsp3) is 0.480. The molecule has 2 aromatic rings. The zero-order chi connectivity index (χ0) is 28.0. The summed E-state index contributed by atoms with van der Waals surface area (Å²) in [5.41, 5.74) is 2.14. The first-order valence-corrected chi connectivity index (χ1v) is 11.9. The molecular weight excluding hydrogens is 515 g/mol. The van der Waals surface area contributed by atoms with E-state index in [1.54, 1.807) is 0 Å². The molecule has 2 fully saturated rings. The molecule has 2 saturated heterocycles. The molecule has 4 rings (SSSR count). The third-order valence-corrected chi connectivity index (χ3v) is 7.28. The number of halogens is 5. The molecule has 0 unspecified atom stereocenters. The SMILES string of the molecule is C[C@H]1[C@@H](c2ccc(F)c(F)c2O[C@H]2CCN(C)C2)[C@H](C(=O)Nc2ccnc(C(N)=O)c2)O[C@@]1(C)C(F)(F)F. The van der Waals surface area contributed by atoms with Gasteiger partial charge in [-0.2, -0.15) is 17.6 Å². The standard InChI is InChI=1S/C25H27F5N4O4/c1-12-18(15-4-5-16(26)19(27)20(15)37-14-7-9-34(3)11-14)21(38-24(12,2)25(28,29)30)23(36)33-13-6-8-32-17(10-13)22(31)35/h4-6,8,10,12,14,18,21H,7,9,11H2,1-3H3,(H2,31,35)(H,32,33,36)/t12-,14-,18-,21+,24+/m0/s1. The minimum atomic E-state index is -4.90. The molecule has 3 heterocycles. The highest BCUT2D eigenvalue weighted by molar-refractivity contribution is 5.97. The van der Waals surface area contributed by atoms with Gasteiger partial charge >= 0.3 is 6.18 Å². The van der Waals surface area contributed by atoms with Crippen LogP contribution < -0.4 is 15.8 Å². The average Bonchev–Trinajstić information content (AvgIpc) is 3.38. The van der Waals surface area contributed by atoms with Gasteiger partial charge in [0.2, 0.25) is 5.82 Å². The lowest BCUT2D eigenvalue weighted by Crippen LogP contribution is -2.47. The van der Waals surface area contributed by atoms with Crippen LogP contribution in [0.2, 0.25) is 0 Å². The van der Waals surface area contributed by atoms with E-state index in [0.717, 1.165) is 25.1 Å². The third-order valence-electron chi connectivity index (χ3n) is 7.28. The van der Waals surface area contributed by atoms with Crippen molar-refractivity contribution < 1.29 is 41.0 Å². The number of likely N-dealkylation sites (tertiary alicyclic amines) is 1. The molecule has 0 spiro atoms. The van der Waals surface area contributed by atoms with Gasteiger partial charge in [-0.1, -0.05) is 13.0 Å². The van der Waals surface area contributed by atoms with Gasteiger partial charge in [0.25, 0.3) is 11.8 Å². The lowest BCUT2D eigenvalue weighted by molar-refractivity contribution is -0.272. The predicted octanol–water partition coefficient (Wildman–Crippen LogP) is 3.62. The highest BCUT2D eigenvalue weighted by Crippen LogP contribution is 2.55. The maximum absolute atomic E-state index is 15.1. The van der Waals surface area contributed by atoms with Crippen LogP contribution in [0.15, 0.2) is 30.5 Å². The van der Waals surface area contributed by atoms with Crippen LogP contribution in [0.3, 0.4) is 0 Å². The van der Waals surface area contributed by atoms with Crippen LogP contribution in [0, 0.1) is 17.6 Å². The third kappa shape index (κ3) is 5.04. The molecule has 0 aliphatic carbocycles. The number of nitrogens with two attached hydrogens (primary N) is 1. The first kappa shape index (κ1) is 27.7. The molecule has 0 saturated carbocycles. The summed E-state index contributed by atoms with van der Waals surface area (Å²) in [6.07, 6.45) is -5.52. The Hall–Kier alpha value is -3.32. The molecule has 1 aromatic heterocycles. The molecule has 1 aromatic carbocycles. The van der Waals surface area contributed by atoms with E-state index in [9.17, 15) is 27.2 Å². The van der Waals surface area contributed by atoms with E-state index in [-0.39, 0.29) is 16.9 Å². The smallest absolute Gasteiger partial charge is 0.417 e. The Balaban J connectivity index is 1.76. The van der Waals surface area contributed by atoms with Crippen LogP contribution in [0.5, 0.6) is 5.75 Å². The Kier molecular flexibility index (Phi) is 7.36. The van der Waals surface area contributed by atoms with Crippen molar-refractivity contribution in [2.24, 2.45) is 11.7 Å². The molecule has 0 radical (unpaired) electrons. The number of ether oxygens (including phenoxy) is 2. The van der Waals surface area contributed by atoms with Crippen LogP contribution >= 0.6 is 0 Å². The predicted molar refractivity (Wildman–Crippen MR) is 126 cm³/mol.